The molecule has 0 fully saturated rings. The van der Waals surface area contributed by atoms with Gasteiger partial charge in [0.1, 0.15) is 22.8 Å². The first-order valence-corrected chi connectivity index (χ1v) is 5.92. The van der Waals surface area contributed by atoms with E-state index in [0.29, 0.717) is 11.0 Å². The molecule has 4 nitrogen and oxygen atoms in total. The molecule has 2 rings (SSSR count). The first kappa shape index (κ1) is 12.9. The highest BCUT2D eigenvalue weighted by Crippen LogP contribution is 2.27. The summed E-state index contributed by atoms with van der Waals surface area (Å²) in [7, 11) is 3.39. The molecule has 1 N–H and O–H groups in total. The van der Waals surface area contributed by atoms with Gasteiger partial charge in [-0.1, -0.05) is 17.7 Å². The molecule has 2 aromatic rings. The summed E-state index contributed by atoms with van der Waals surface area (Å²) in [4.78, 5) is 4.13. The van der Waals surface area contributed by atoms with Crippen LogP contribution < -0.4 is 4.74 Å². The van der Waals surface area contributed by atoms with Gasteiger partial charge in [-0.2, -0.15) is 0 Å². The van der Waals surface area contributed by atoms with E-state index in [1.165, 1.54) is 6.20 Å². The monoisotopic (exact) mass is 266 g/mol. The molecule has 0 radical (unpaired) electrons. The van der Waals surface area contributed by atoms with Crippen molar-refractivity contribution in [2.45, 2.75) is 13.0 Å². The summed E-state index contributed by atoms with van der Waals surface area (Å²) in [5.74, 6) is 1.29. The smallest absolute Gasteiger partial charge is 0.143 e. The highest BCUT2D eigenvalue weighted by atomic mass is 35.5. The molecule has 0 aliphatic heterocycles. The minimum Gasteiger partial charge on any atom is -0.497 e. The molecule has 0 saturated heterocycles. The third kappa shape index (κ3) is 2.21. The van der Waals surface area contributed by atoms with Crippen molar-refractivity contribution in [3.63, 3.8) is 0 Å². The van der Waals surface area contributed by atoms with Crippen molar-refractivity contribution >= 4 is 11.6 Å². The summed E-state index contributed by atoms with van der Waals surface area (Å²) in [5.41, 5.74) is 1.74. The number of aliphatic hydroxyl groups is 1. The standard InChI is InChI=1S/C13H15ClN2O2/c1-8-6-9(18-3)4-5-10(8)12(17)13-15-7-11(14)16(13)2/h4-7,12,17H,1-3H3. The molecule has 5 heteroatoms. The number of aryl methyl sites for hydroxylation is 1. The molecule has 0 bridgehead atoms. The molecule has 1 unspecified atom stereocenters. The maximum Gasteiger partial charge on any atom is 0.143 e. The van der Waals surface area contributed by atoms with Crippen LogP contribution in [0.25, 0.3) is 0 Å². The molecular formula is C13H15ClN2O2. The summed E-state index contributed by atoms with van der Waals surface area (Å²) >= 11 is 5.92. The van der Waals surface area contributed by atoms with Crippen LogP contribution in [0.1, 0.15) is 23.1 Å². The largest absolute Gasteiger partial charge is 0.497 e. The lowest BCUT2D eigenvalue weighted by Gasteiger charge is -2.14. The van der Waals surface area contributed by atoms with E-state index in [1.54, 1.807) is 18.7 Å². The second-order valence-corrected chi connectivity index (χ2v) is 4.51. The zero-order chi connectivity index (χ0) is 13.3. The van der Waals surface area contributed by atoms with Gasteiger partial charge in [0, 0.05) is 7.05 Å². The zero-order valence-electron chi connectivity index (χ0n) is 10.5. The van der Waals surface area contributed by atoms with Crippen LogP contribution in [0.5, 0.6) is 5.75 Å². The molecule has 1 aromatic carbocycles. The lowest BCUT2D eigenvalue weighted by Crippen LogP contribution is -2.08. The van der Waals surface area contributed by atoms with Crippen LogP contribution in [-0.4, -0.2) is 21.8 Å². The Kier molecular flexibility index (Phi) is 3.59. The van der Waals surface area contributed by atoms with E-state index < -0.39 is 6.10 Å². The van der Waals surface area contributed by atoms with Crippen molar-refractivity contribution in [3.05, 3.63) is 46.5 Å². The fourth-order valence-corrected chi connectivity index (χ4v) is 2.01. The van der Waals surface area contributed by atoms with Crippen LogP contribution in [0.3, 0.4) is 0 Å². The Morgan fingerprint density at radius 3 is 2.67 bits per heavy atom. The third-order valence-corrected chi connectivity index (χ3v) is 3.33. The first-order chi connectivity index (χ1) is 8.54. The van der Waals surface area contributed by atoms with E-state index >= 15 is 0 Å². The number of aromatic nitrogens is 2. The molecule has 1 atom stereocenters. The van der Waals surface area contributed by atoms with E-state index in [2.05, 4.69) is 4.98 Å². The molecule has 0 saturated carbocycles. The van der Waals surface area contributed by atoms with Crippen molar-refractivity contribution in [3.8, 4) is 5.75 Å². The molecule has 18 heavy (non-hydrogen) atoms. The zero-order valence-corrected chi connectivity index (χ0v) is 11.3. The number of ether oxygens (including phenoxy) is 1. The predicted molar refractivity (Wildman–Crippen MR) is 70.0 cm³/mol. The van der Waals surface area contributed by atoms with Gasteiger partial charge in [-0.3, -0.25) is 0 Å². The highest BCUT2D eigenvalue weighted by Gasteiger charge is 2.18. The topological polar surface area (TPSA) is 47.3 Å². The number of nitrogens with zero attached hydrogens (tertiary/aromatic N) is 2. The number of halogens is 1. The van der Waals surface area contributed by atoms with Gasteiger partial charge < -0.3 is 14.4 Å². The summed E-state index contributed by atoms with van der Waals surface area (Å²) in [6.45, 7) is 1.92. The fourth-order valence-electron chi connectivity index (χ4n) is 1.88. The number of methoxy groups -OCH3 is 1. The maximum atomic E-state index is 10.3. The second-order valence-electron chi connectivity index (χ2n) is 4.12. The number of hydrogen-bond acceptors (Lipinski definition) is 3. The van der Waals surface area contributed by atoms with Crippen molar-refractivity contribution in [2.24, 2.45) is 7.05 Å². The van der Waals surface area contributed by atoms with Crippen molar-refractivity contribution in [1.82, 2.24) is 9.55 Å². The lowest BCUT2D eigenvalue weighted by atomic mass is 10.0. The van der Waals surface area contributed by atoms with Gasteiger partial charge in [-0.15, -0.1) is 0 Å². The SMILES string of the molecule is COc1ccc(C(O)c2ncc(Cl)n2C)c(C)c1. The van der Waals surface area contributed by atoms with E-state index in [4.69, 9.17) is 16.3 Å². The van der Waals surface area contributed by atoms with Crippen molar-refractivity contribution in [2.75, 3.05) is 7.11 Å². The van der Waals surface area contributed by atoms with Crippen molar-refractivity contribution < 1.29 is 9.84 Å². The summed E-state index contributed by atoms with van der Waals surface area (Å²) < 4.78 is 6.80. The molecular weight excluding hydrogens is 252 g/mol. The van der Waals surface area contributed by atoms with Gasteiger partial charge in [0.25, 0.3) is 0 Å². The van der Waals surface area contributed by atoms with Crippen LogP contribution in [-0.2, 0) is 7.05 Å². The van der Waals surface area contributed by atoms with E-state index in [1.807, 2.05) is 25.1 Å². The van der Waals surface area contributed by atoms with E-state index in [0.717, 1.165) is 16.9 Å². The minimum absolute atomic E-state index is 0.496. The van der Waals surface area contributed by atoms with E-state index in [-0.39, 0.29) is 0 Å². The lowest BCUT2D eigenvalue weighted by molar-refractivity contribution is 0.205. The van der Waals surface area contributed by atoms with Gasteiger partial charge in [0.2, 0.25) is 0 Å². The molecule has 96 valence electrons. The number of benzene rings is 1. The van der Waals surface area contributed by atoms with Gasteiger partial charge in [0.05, 0.1) is 13.3 Å². The Hall–Kier alpha value is -1.52. The molecule has 0 aliphatic rings. The number of hydrogen-bond donors (Lipinski definition) is 1. The van der Waals surface area contributed by atoms with Gasteiger partial charge in [-0.25, -0.2) is 4.98 Å². The van der Waals surface area contributed by atoms with Crippen LogP contribution in [0.4, 0.5) is 0 Å². The molecule has 1 heterocycles. The summed E-state index contributed by atoms with van der Waals surface area (Å²) in [6, 6.07) is 5.53. The third-order valence-electron chi connectivity index (χ3n) is 2.98. The van der Waals surface area contributed by atoms with Crippen LogP contribution >= 0.6 is 11.6 Å². The van der Waals surface area contributed by atoms with Crippen LogP contribution in [0.2, 0.25) is 5.15 Å². The number of aliphatic hydroxyl groups excluding tert-OH is 1. The molecule has 0 amide bonds. The number of imidazole rings is 1. The molecule has 1 aromatic heterocycles. The maximum absolute atomic E-state index is 10.3. The minimum atomic E-state index is -0.798. The Labute approximate surface area is 111 Å². The molecule has 0 aliphatic carbocycles. The van der Waals surface area contributed by atoms with Gasteiger partial charge in [-0.05, 0) is 30.2 Å². The average molecular weight is 267 g/mol. The predicted octanol–water partition coefficient (Wildman–Crippen LogP) is 2.47. The Bertz CT molecular complexity index is 566. The van der Waals surface area contributed by atoms with Gasteiger partial charge >= 0.3 is 0 Å². The van der Waals surface area contributed by atoms with Gasteiger partial charge in [0.15, 0.2) is 0 Å². The normalized spacial score (nSPS) is 12.5. The molecule has 0 spiro atoms. The Morgan fingerprint density at radius 2 is 2.17 bits per heavy atom. The fraction of sp³-hybridized carbons (Fsp3) is 0.308. The van der Waals surface area contributed by atoms with Crippen LogP contribution in [0, 0.1) is 6.92 Å². The average Bonchev–Trinajstić information content (AvgIpc) is 2.69. The highest BCUT2D eigenvalue weighted by molar-refractivity contribution is 6.29. The number of rotatable bonds is 3. The Morgan fingerprint density at radius 1 is 1.44 bits per heavy atom. The Balaban J connectivity index is 2.40. The van der Waals surface area contributed by atoms with Crippen molar-refractivity contribution in [1.29, 1.82) is 0 Å². The quantitative estimate of drug-likeness (QED) is 0.928. The summed E-state index contributed by atoms with van der Waals surface area (Å²) in [5, 5.41) is 10.8. The second kappa shape index (κ2) is 5.00. The summed E-state index contributed by atoms with van der Waals surface area (Å²) in [6.07, 6.45) is 0.729. The first-order valence-electron chi connectivity index (χ1n) is 5.54. The van der Waals surface area contributed by atoms with Crippen LogP contribution in [0.15, 0.2) is 24.4 Å². The van der Waals surface area contributed by atoms with E-state index in [9.17, 15) is 5.11 Å².